The third-order valence-electron chi connectivity index (χ3n) is 5.30. The summed E-state index contributed by atoms with van der Waals surface area (Å²) in [7, 11) is 0. The van der Waals surface area contributed by atoms with Crippen LogP contribution in [0.2, 0.25) is 0 Å². The normalized spacial score (nSPS) is 14.5. The van der Waals surface area contributed by atoms with Crippen molar-refractivity contribution in [1.29, 1.82) is 0 Å². The molecule has 3 aromatic rings. The maximum absolute atomic E-state index is 12.8. The van der Waals surface area contributed by atoms with Crippen molar-refractivity contribution in [3.8, 4) is 5.75 Å². The number of hydrogen-bond acceptors (Lipinski definition) is 5. The molecule has 3 aromatic carbocycles. The standard InChI is InChI=1S/C27H24N2O4S/c1-18-7-9-21(10-8-18)16-29-26(31)24(34-27(29)32)15-20-11-13-22(14-12-20)33-17-25(30)28-23-6-4-3-5-19(23)2/h3-15H,16-17H2,1-2H3,(H,28,30)/b24-15+. The number of nitrogens with zero attached hydrogens (tertiary/aromatic N) is 1. The van der Waals surface area contributed by atoms with Crippen molar-refractivity contribution < 1.29 is 19.1 Å². The van der Waals surface area contributed by atoms with E-state index in [1.165, 1.54) is 4.90 Å². The molecule has 34 heavy (non-hydrogen) atoms. The molecule has 172 valence electrons. The largest absolute Gasteiger partial charge is 0.484 e. The van der Waals surface area contributed by atoms with Gasteiger partial charge in [-0.1, -0.05) is 60.2 Å². The van der Waals surface area contributed by atoms with Gasteiger partial charge in [0.1, 0.15) is 5.75 Å². The average molecular weight is 473 g/mol. The topological polar surface area (TPSA) is 75.7 Å². The highest BCUT2D eigenvalue weighted by atomic mass is 32.2. The number of carbonyl (C=O) groups is 3. The van der Waals surface area contributed by atoms with E-state index >= 15 is 0 Å². The maximum Gasteiger partial charge on any atom is 0.293 e. The van der Waals surface area contributed by atoms with Crippen LogP contribution in [0.25, 0.3) is 6.08 Å². The number of benzene rings is 3. The van der Waals surface area contributed by atoms with Gasteiger partial charge in [0.15, 0.2) is 6.61 Å². The molecule has 1 heterocycles. The Morgan fingerprint density at radius 2 is 1.68 bits per heavy atom. The van der Waals surface area contributed by atoms with E-state index in [1.807, 2.05) is 62.4 Å². The van der Waals surface area contributed by atoms with Gasteiger partial charge >= 0.3 is 0 Å². The summed E-state index contributed by atoms with van der Waals surface area (Å²) in [5.74, 6) is -0.0195. The maximum atomic E-state index is 12.8. The summed E-state index contributed by atoms with van der Waals surface area (Å²) in [5, 5.41) is 2.54. The van der Waals surface area contributed by atoms with Crippen LogP contribution < -0.4 is 10.1 Å². The van der Waals surface area contributed by atoms with Gasteiger partial charge in [-0.05, 0) is 66.6 Å². The zero-order chi connectivity index (χ0) is 24.1. The lowest BCUT2D eigenvalue weighted by molar-refractivity contribution is -0.123. The summed E-state index contributed by atoms with van der Waals surface area (Å²) in [6.45, 7) is 4.04. The molecule has 7 heteroatoms. The van der Waals surface area contributed by atoms with Gasteiger partial charge in [0.2, 0.25) is 0 Å². The number of para-hydroxylation sites is 1. The Bertz CT molecular complexity index is 1250. The first-order valence-corrected chi connectivity index (χ1v) is 11.6. The molecule has 0 spiro atoms. The smallest absolute Gasteiger partial charge is 0.293 e. The van der Waals surface area contributed by atoms with Gasteiger partial charge in [-0.25, -0.2) is 0 Å². The average Bonchev–Trinajstić information content (AvgIpc) is 3.09. The summed E-state index contributed by atoms with van der Waals surface area (Å²) < 4.78 is 5.57. The zero-order valence-corrected chi connectivity index (χ0v) is 19.7. The van der Waals surface area contributed by atoms with Crippen molar-refractivity contribution >= 4 is 40.6 Å². The number of rotatable bonds is 7. The second kappa shape index (κ2) is 10.4. The Hall–Kier alpha value is -3.84. The van der Waals surface area contributed by atoms with Crippen molar-refractivity contribution in [3.05, 3.63) is 100.0 Å². The number of anilines is 1. The van der Waals surface area contributed by atoms with Gasteiger partial charge in [-0.3, -0.25) is 19.3 Å². The van der Waals surface area contributed by atoms with Crippen LogP contribution in [-0.2, 0) is 16.1 Å². The Labute approximate surface area is 202 Å². The van der Waals surface area contributed by atoms with Gasteiger partial charge in [0, 0.05) is 5.69 Å². The van der Waals surface area contributed by atoms with Crippen LogP contribution in [0.3, 0.4) is 0 Å². The van der Waals surface area contributed by atoms with E-state index in [9.17, 15) is 14.4 Å². The SMILES string of the molecule is Cc1ccc(CN2C(=O)S/C(=C/c3ccc(OCC(=O)Nc4ccccc4C)cc3)C2=O)cc1. The second-order valence-corrected chi connectivity index (χ2v) is 8.97. The molecule has 6 nitrogen and oxygen atoms in total. The van der Waals surface area contributed by atoms with E-state index in [0.29, 0.717) is 10.7 Å². The molecule has 0 radical (unpaired) electrons. The van der Waals surface area contributed by atoms with Crippen LogP contribution in [0.5, 0.6) is 5.75 Å². The first kappa shape index (κ1) is 23.3. The number of nitrogens with one attached hydrogen (secondary N) is 1. The Kier molecular flexibility index (Phi) is 7.13. The highest BCUT2D eigenvalue weighted by Gasteiger charge is 2.34. The van der Waals surface area contributed by atoms with Crippen LogP contribution in [0, 0.1) is 13.8 Å². The molecular formula is C27H24N2O4S. The van der Waals surface area contributed by atoms with E-state index < -0.39 is 0 Å². The van der Waals surface area contributed by atoms with Gasteiger partial charge in [-0.15, -0.1) is 0 Å². The molecule has 0 unspecified atom stereocenters. The van der Waals surface area contributed by atoms with Crippen LogP contribution >= 0.6 is 11.8 Å². The third-order valence-corrected chi connectivity index (χ3v) is 6.21. The lowest BCUT2D eigenvalue weighted by Gasteiger charge is -2.12. The fourth-order valence-electron chi connectivity index (χ4n) is 3.37. The van der Waals surface area contributed by atoms with Crippen molar-refractivity contribution in [2.24, 2.45) is 0 Å². The van der Waals surface area contributed by atoms with Crippen molar-refractivity contribution in [3.63, 3.8) is 0 Å². The molecule has 1 saturated heterocycles. The van der Waals surface area contributed by atoms with E-state index in [-0.39, 0.29) is 30.2 Å². The van der Waals surface area contributed by atoms with Crippen molar-refractivity contribution in [2.45, 2.75) is 20.4 Å². The summed E-state index contributed by atoms with van der Waals surface area (Å²) in [5.41, 5.74) is 4.52. The molecular weight excluding hydrogens is 448 g/mol. The van der Waals surface area contributed by atoms with Gasteiger partial charge in [-0.2, -0.15) is 0 Å². The minimum Gasteiger partial charge on any atom is -0.484 e. The molecule has 1 fully saturated rings. The quantitative estimate of drug-likeness (QED) is 0.456. The van der Waals surface area contributed by atoms with Crippen molar-refractivity contribution in [1.82, 2.24) is 4.90 Å². The van der Waals surface area contributed by atoms with Crippen LogP contribution in [0.15, 0.2) is 77.7 Å². The number of aryl methyl sites for hydroxylation is 2. The van der Waals surface area contributed by atoms with Crippen molar-refractivity contribution in [2.75, 3.05) is 11.9 Å². The number of amides is 3. The lowest BCUT2D eigenvalue weighted by Crippen LogP contribution is -2.27. The first-order valence-electron chi connectivity index (χ1n) is 10.8. The van der Waals surface area contributed by atoms with E-state index in [0.717, 1.165) is 39.7 Å². The van der Waals surface area contributed by atoms with Crippen LogP contribution in [0.1, 0.15) is 22.3 Å². The molecule has 0 bridgehead atoms. The summed E-state index contributed by atoms with van der Waals surface area (Å²) >= 11 is 0.934. The minimum atomic E-state index is -0.302. The zero-order valence-electron chi connectivity index (χ0n) is 18.9. The predicted molar refractivity (Wildman–Crippen MR) is 134 cm³/mol. The number of imide groups is 1. The van der Waals surface area contributed by atoms with E-state index in [4.69, 9.17) is 4.74 Å². The first-order chi connectivity index (χ1) is 16.4. The van der Waals surface area contributed by atoms with Crippen LogP contribution in [0.4, 0.5) is 10.5 Å². The molecule has 0 aromatic heterocycles. The minimum absolute atomic E-state index is 0.119. The molecule has 1 aliphatic rings. The van der Waals surface area contributed by atoms with E-state index in [1.54, 1.807) is 30.3 Å². The number of thioether (sulfide) groups is 1. The fraction of sp³-hybridized carbons (Fsp3) is 0.148. The molecule has 0 aliphatic carbocycles. The molecule has 0 saturated carbocycles. The molecule has 1 aliphatic heterocycles. The second-order valence-electron chi connectivity index (χ2n) is 7.97. The highest BCUT2D eigenvalue weighted by Crippen LogP contribution is 2.33. The van der Waals surface area contributed by atoms with E-state index in [2.05, 4.69) is 5.32 Å². The summed E-state index contributed by atoms with van der Waals surface area (Å²) in [4.78, 5) is 38.9. The fourth-order valence-corrected chi connectivity index (χ4v) is 4.21. The molecule has 1 N–H and O–H groups in total. The molecule has 4 rings (SSSR count). The summed E-state index contributed by atoms with van der Waals surface area (Å²) in [6.07, 6.45) is 1.69. The van der Waals surface area contributed by atoms with Gasteiger partial charge < -0.3 is 10.1 Å². The predicted octanol–water partition coefficient (Wildman–Crippen LogP) is 5.56. The molecule has 0 atom stereocenters. The number of ether oxygens (including phenoxy) is 1. The Morgan fingerprint density at radius 3 is 2.38 bits per heavy atom. The molecule has 3 amide bonds. The highest BCUT2D eigenvalue weighted by molar-refractivity contribution is 8.18. The Balaban J connectivity index is 1.34. The third kappa shape index (κ3) is 5.74. The lowest BCUT2D eigenvalue weighted by atomic mass is 10.1. The summed E-state index contributed by atoms with van der Waals surface area (Å²) in [6, 6.07) is 22.3. The Morgan fingerprint density at radius 1 is 0.971 bits per heavy atom. The van der Waals surface area contributed by atoms with Crippen LogP contribution in [-0.4, -0.2) is 28.6 Å². The van der Waals surface area contributed by atoms with Gasteiger partial charge in [0.25, 0.3) is 17.1 Å². The monoisotopic (exact) mass is 472 g/mol. The van der Waals surface area contributed by atoms with Gasteiger partial charge in [0.05, 0.1) is 11.4 Å². The number of hydrogen-bond donors (Lipinski definition) is 1. The number of carbonyl (C=O) groups excluding carboxylic acids is 3.